The summed E-state index contributed by atoms with van der Waals surface area (Å²) in [4.78, 5) is 0. The number of nitrogens with one attached hydrogen (secondary N) is 1. The SMILES string of the molecule is CC.CC.Cc1nnc2c(NCC(C)(C)O)cccn12. The van der Waals surface area contributed by atoms with E-state index in [-0.39, 0.29) is 0 Å². The lowest BCUT2D eigenvalue weighted by Crippen LogP contribution is -2.29. The molecule has 0 aliphatic heterocycles. The van der Waals surface area contributed by atoms with Gasteiger partial charge in [0.25, 0.3) is 0 Å². The van der Waals surface area contributed by atoms with Crippen molar-refractivity contribution in [1.29, 1.82) is 0 Å². The van der Waals surface area contributed by atoms with E-state index in [2.05, 4.69) is 15.5 Å². The average Bonchev–Trinajstić information content (AvgIpc) is 2.83. The molecule has 0 saturated carbocycles. The number of anilines is 1. The number of hydrogen-bond donors (Lipinski definition) is 2. The van der Waals surface area contributed by atoms with E-state index in [0.717, 1.165) is 17.2 Å². The third kappa shape index (κ3) is 5.17. The molecule has 0 saturated heterocycles. The summed E-state index contributed by atoms with van der Waals surface area (Å²) in [6.45, 7) is 13.9. The third-order valence-corrected chi connectivity index (χ3v) is 2.32. The summed E-state index contributed by atoms with van der Waals surface area (Å²) in [6.07, 6.45) is 1.92. The highest BCUT2D eigenvalue weighted by molar-refractivity contribution is 5.67. The van der Waals surface area contributed by atoms with Crippen LogP contribution in [0.15, 0.2) is 18.3 Å². The first-order valence-electron chi connectivity index (χ1n) is 7.24. The molecule has 0 fully saturated rings. The van der Waals surface area contributed by atoms with Crippen LogP contribution in [0.2, 0.25) is 0 Å². The predicted molar refractivity (Wildman–Crippen MR) is 85.2 cm³/mol. The van der Waals surface area contributed by atoms with Crippen LogP contribution in [0.1, 0.15) is 47.4 Å². The van der Waals surface area contributed by atoms with Crippen LogP contribution in [0, 0.1) is 6.92 Å². The maximum absolute atomic E-state index is 9.65. The van der Waals surface area contributed by atoms with Crippen molar-refractivity contribution in [3.8, 4) is 0 Å². The van der Waals surface area contributed by atoms with Gasteiger partial charge in [-0.05, 0) is 32.9 Å². The molecule has 0 aliphatic rings. The van der Waals surface area contributed by atoms with E-state index in [1.54, 1.807) is 13.8 Å². The van der Waals surface area contributed by atoms with Crippen molar-refractivity contribution in [2.24, 2.45) is 0 Å². The molecule has 20 heavy (non-hydrogen) atoms. The van der Waals surface area contributed by atoms with Gasteiger partial charge in [-0.2, -0.15) is 0 Å². The molecule has 0 bridgehead atoms. The number of aromatic nitrogens is 3. The Hall–Kier alpha value is -1.62. The molecule has 0 atom stereocenters. The van der Waals surface area contributed by atoms with Crippen molar-refractivity contribution in [1.82, 2.24) is 14.6 Å². The van der Waals surface area contributed by atoms with Crippen LogP contribution in [-0.2, 0) is 0 Å². The zero-order valence-corrected chi connectivity index (χ0v) is 13.7. The van der Waals surface area contributed by atoms with Gasteiger partial charge < -0.3 is 10.4 Å². The average molecular weight is 280 g/mol. The van der Waals surface area contributed by atoms with Gasteiger partial charge >= 0.3 is 0 Å². The fourth-order valence-corrected chi connectivity index (χ4v) is 1.48. The summed E-state index contributed by atoms with van der Waals surface area (Å²) in [7, 11) is 0. The highest BCUT2D eigenvalue weighted by atomic mass is 16.3. The topological polar surface area (TPSA) is 62.5 Å². The van der Waals surface area contributed by atoms with Crippen LogP contribution in [0.3, 0.4) is 0 Å². The van der Waals surface area contributed by atoms with Gasteiger partial charge in [-0.25, -0.2) is 0 Å². The summed E-state index contributed by atoms with van der Waals surface area (Å²) in [5.41, 5.74) is 0.913. The van der Waals surface area contributed by atoms with E-state index >= 15 is 0 Å². The van der Waals surface area contributed by atoms with Crippen LogP contribution >= 0.6 is 0 Å². The van der Waals surface area contributed by atoms with Gasteiger partial charge in [0.1, 0.15) is 5.82 Å². The second-order valence-electron chi connectivity index (χ2n) is 4.53. The van der Waals surface area contributed by atoms with Crippen molar-refractivity contribution in [3.63, 3.8) is 0 Å². The number of fused-ring (bicyclic) bond motifs is 1. The van der Waals surface area contributed by atoms with Crippen molar-refractivity contribution in [3.05, 3.63) is 24.2 Å². The van der Waals surface area contributed by atoms with Gasteiger partial charge in [0.15, 0.2) is 5.65 Å². The second-order valence-corrected chi connectivity index (χ2v) is 4.53. The Morgan fingerprint density at radius 1 is 1.20 bits per heavy atom. The Morgan fingerprint density at radius 3 is 2.35 bits per heavy atom. The first-order valence-corrected chi connectivity index (χ1v) is 7.24. The second kappa shape index (κ2) is 8.53. The Labute approximate surface area is 122 Å². The molecule has 0 amide bonds. The van der Waals surface area contributed by atoms with E-state index in [9.17, 15) is 5.11 Å². The molecule has 114 valence electrons. The number of aliphatic hydroxyl groups is 1. The van der Waals surface area contributed by atoms with Crippen molar-refractivity contribution >= 4 is 11.3 Å². The molecule has 2 aromatic rings. The lowest BCUT2D eigenvalue weighted by molar-refractivity contribution is 0.0945. The first kappa shape index (κ1) is 18.4. The van der Waals surface area contributed by atoms with E-state index in [0.29, 0.717) is 6.54 Å². The van der Waals surface area contributed by atoms with E-state index in [4.69, 9.17) is 0 Å². The smallest absolute Gasteiger partial charge is 0.184 e. The fourth-order valence-electron chi connectivity index (χ4n) is 1.48. The van der Waals surface area contributed by atoms with E-state index in [1.807, 2.05) is 57.3 Å². The molecule has 0 aliphatic carbocycles. The van der Waals surface area contributed by atoms with E-state index < -0.39 is 5.60 Å². The van der Waals surface area contributed by atoms with Crippen molar-refractivity contribution < 1.29 is 5.11 Å². The number of nitrogens with zero attached hydrogens (tertiary/aromatic N) is 3. The lowest BCUT2D eigenvalue weighted by Gasteiger charge is -2.18. The Bertz CT molecular complexity index is 500. The minimum atomic E-state index is -0.748. The van der Waals surface area contributed by atoms with Crippen LogP contribution < -0.4 is 5.32 Å². The largest absolute Gasteiger partial charge is 0.389 e. The molecule has 5 heteroatoms. The van der Waals surface area contributed by atoms with Gasteiger partial charge in [0.05, 0.1) is 11.3 Å². The molecule has 2 aromatic heterocycles. The molecule has 0 radical (unpaired) electrons. The minimum Gasteiger partial charge on any atom is -0.389 e. The Morgan fingerprint density at radius 2 is 1.80 bits per heavy atom. The van der Waals surface area contributed by atoms with Gasteiger partial charge in [0.2, 0.25) is 0 Å². The molecule has 2 heterocycles. The fraction of sp³-hybridized carbons (Fsp3) is 0.600. The maximum atomic E-state index is 9.65. The highest BCUT2D eigenvalue weighted by Gasteiger charge is 2.13. The van der Waals surface area contributed by atoms with Gasteiger partial charge in [-0.1, -0.05) is 27.7 Å². The molecular weight excluding hydrogens is 252 g/mol. The lowest BCUT2D eigenvalue weighted by atomic mass is 10.1. The molecular formula is C15H28N4O. The van der Waals surface area contributed by atoms with Gasteiger partial charge in [-0.3, -0.25) is 4.40 Å². The molecule has 0 spiro atoms. The summed E-state index contributed by atoms with van der Waals surface area (Å²) in [6, 6.07) is 3.85. The predicted octanol–water partition coefficient (Wildman–Crippen LogP) is 3.27. The normalized spacial score (nSPS) is 10.2. The summed E-state index contributed by atoms with van der Waals surface area (Å²) < 4.78 is 1.91. The number of hydrogen-bond acceptors (Lipinski definition) is 4. The maximum Gasteiger partial charge on any atom is 0.184 e. The molecule has 5 nitrogen and oxygen atoms in total. The van der Waals surface area contributed by atoms with E-state index in [1.165, 1.54) is 0 Å². The van der Waals surface area contributed by atoms with Crippen LogP contribution in [0.25, 0.3) is 5.65 Å². The monoisotopic (exact) mass is 280 g/mol. The molecule has 2 N–H and O–H groups in total. The Kier molecular flexibility index (Phi) is 7.84. The molecule has 0 unspecified atom stereocenters. The van der Waals surface area contributed by atoms with Crippen molar-refractivity contribution in [2.45, 2.75) is 54.1 Å². The number of rotatable bonds is 3. The zero-order valence-electron chi connectivity index (χ0n) is 13.7. The first-order chi connectivity index (χ1) is 9.47. The summed E-state index contributed by atoms with van der Waals surface area (Å²) in [5, 5.41) is 20.9. The molecule has 2 rings (SSSR count). The quantitative estimate of drug-likeness (QED) is 0.905. The van der Waals surface area contributed by atoms with Crippen molar-refractivity contribution in [2.75, 3.05) is 11.9 Å². The summed E-state index contributed by atoms with van der Waals surface area (Å²) >= 11 is 0. The third-order valence-electron chi connectivity index (χ3n) is 2.32. The summed E-state index contributed by atoms with van der Waals surface area (Å²) in [5.74, 6) is 0.849. The van der Waals surface area contributed by atoms with Crippen LogP contribution in [-0.4, -0.2) is 31.9 Å². The minimum absolute atomic E-state index is 0.471. The highest BCUT2D eigenvalue weighted by Crippen LogP contribution is 2.16. The number of aryl methyl sites for hydroxylation is 1. The van der Waals surface area contributed by atoms with Crippen LogP contribution in [0.4, 0.5) is 5.69 Å². The Balaban J connectivity index is 0.000000829. The molecule has 0 aromatic carbocycles. The van der Waals surface area contributed by atoms with Gasteiger partial charge in [-0.15, -0.1) is 10.2 Å². The number of pyridine rings is 1. The van der Waals surface area contributed by atoms with Gasteiger partial charge in [0, 0.05) is 12.7 Å². The standard InChI is InChI=1S/C11H16N4O.2C2H6/c1-8-13-14-10-9(5-4-6-15(8)10)12-7-11(2,3)16;2*1-2/h4-6,12,16H,7H2,1-3H3;2*1-2H3. The van der Waals surface area contributed by atoms with Crippen LogP contribution in [0.5, 0.6) is 0 Å². The zero-order chi connectivity index (χ0) is 15.8.